The summed E-state index contributed by atoms with van der Waals surface area (Å²) in [7, 11) is 2.14. The van der Waals surface area contributed by atoms with E-state index in [4.69, 9.17) is 9.72 Å². The maximum absolute atomic E-state index is 14.3. The van der Waals surface area contributed by atoms with Crippen LogP contribution in [0.5, 0.6) is 5.75 Å². The Kier molecular flexibility index (Phi) is 8.15. The third-order valence-electron chi connectivity index (χ3n) is 8.39. The SMILES string of the molecule is Cc1ccccc1-c1cc2cnc(Nc3ccc(OC4CCCN(C)C4)cc3)nc2n(Cc2sccc2-c2ccccc2)c1=O. The number of hydrogen-bond donors (Lipinski definition) is 1. The van der Waals surface area contributed by atoms with E-state index >= 15 is 0 Å². The van der Waals surface area contributed by atoms with Crippen molar-refractivity contribution in [2.24, 2.45) is 0 Å². The first-order chi connectivity index (χ1) is 22.0. The van der Waals surface area contributed by atoms with Gasteiger partial charge in [0, 0.05) is 34.3 Å². The van der Waals surface area contributed by atoms with Gasteiger partial charge in [-0.1, -0.05) is 54.6 Å². The number of aryl methyl sites for hydroxylation is 1. The van der Waals surface area contributed by atoms with E-state index in [1.807, 2.05) is 79.7 Å². The molecular weight excluding hydrogens is 579 g/mol. The van der Waals surface area contributed by atoms with Crippen LogP contribution in [0, 0.1) is 6.92 Å². The summed E-state index contributed by atoms with van der Waals surface area (Å²) in [4.78, 5) is 27.2. The molecule has 4 heterocycles. The van der Waals surface area contributed by atoms with Gasteiger partial charge in [0.25, 0.3) is 5.56 Å². The Hall–Kier alpha value is -4.79. The van der Waals surface area contributed by atoms with Crippen molar-refractivity contribution in [3.05, 3.63) is 123 Å². The Labute approximate surface area is 266 Å². The highest BCUT2D eigenvalue weighted by molar-refractivity contribution is 7.10. The van der Waals surface area contributed by atoms with E-state index in [1.165, 1.54) is 0 Å². The van der Waals surface area contributed by atoms with Gasteiger partial charge in [0.15, 0.2) is 0 Å². The van der Waals surface area contributed by atoms with E-state index in [-0.39, 0.29) is 11.7 Å². The van der Waals surface area contributed by atoms with Gasteiger partial charge in [-0.2, -0.15) is 4.98 Å². The third kappa shape index (κ3) is 6.25. The molecule has 0 saturated carbocycles. The molecule has 1 unspecified atom stereocenters. The van der Waals surface area contributed by atoms with Crippen molar-refractivity contribution in [3.8, 4) is 28.0 Å². The van der Waals surface area contributed by atoms with Gasteiger partial charge < -0.3 is 15.0 Å². The molecule has 45 heavy (non-hydrogen) atoms. The van der Waals surface area contributed by atoms with Crippen LogP contribution in [0.2, 0.25) is 0 Å². The molecule has 1 N–H and O–H groups in total. The van der Waals surface area contributed by atoms with Gasteiger partial charge >= 0.3 is 0 Å². The van der Waals surface area contributed by atoms with E-state index in [0.29, 0.717) is 23.7 Å². The molecule has 1 saturated heterocycles. The van der Waals surface area contributed by atoms with Crippen LogP contribution in [0.1, 0.15) is 23.3 Å². The number of thiophene rings is 1. The first-order valence-electron chi connectivity index (χ1n) is 15.3. The molecule has 0 aliphatic carbocycles. The molecular formula is C37H35N5O2S. The highest BCUT2D eigenvalue weighted by Crippen LogP contribution is 2.31. The van der Waals surface area contributed by atoms with E-state index < -0.39 is 0 Å². The van der Waals surface area contributed by atoms with Crippen LogP contribution in [0.15, 0.2) is 107 Å². The van der Waals surface area contributed by atoms with E-state index in [0.717, 1.165) is 69.9 Å². The number of rotatable bonds is 8. The second kappa shape index (κ2) is 12.7. The van der Waals surface area contributed by atoms with Crippen LogP contribution in [-0.4, -0.2) is 45.7 Å². The number of benzene rings is 3. The lowest BCUT2D eigenvalue weighted by Crippen LogP contribution is -2.38. The molecule has 0 spiro atoms. The number of ether oxygens (including phenoxy) is 1. The van der Waals surface area contributed by atoms with Gasteiger partial charge in [0.2, 0.25) is 5.95 Å². The predicted molar refractivity (Wildman–Crippen MR) is 184 cm³/mol. The zero-order chi connectivity index (χ0) is 30.8. The Morgan fingerprint density at radius 3 is 2.56 bits per heavy atom. The Bertz CT molecular complexity index is 2000. The molecule has 1 aliphatic heterocycles. The highest BCUT2D eigenvalue weighted by atomic mass is 32.1. The largest absolute Gasteiger partial charge is 0.489 e. The minimum atomic E-state index is -0.0799. The molecule has 7 rings (SSSR count). The van der Waals surface area contributed by atoms with Gasteiger partial charge in [-0.05, 0) is 97.4 Å². The van der Waals surface area contributed by atoms with Crippen molar-refractivity contribution in [1.29, 1.82) is 0 Å². The van der Waals surface area contributed by atoms with Crippen LogP contribution in [0.3, 0.4) is 0 Å². The van der Waals surface area contributed by atoms with Gasteiger partial charge in [0.1, 0.15) is 17.5 Å². The number of aromatic nitrogens is 3. The number of anilines is 2. The van der Waals surface area contributed by atoms with Crippen molar-refractivity contribution in [3.63, 3.8) is 0 Å². The Balaban J connectivity index is 1.24. The molecule has 3 aromatic carbocycles. The fraction of sp³-hybridized carbons (Fsp3) is 0.216. The van der Waals surface area contributed by atoms with Crippen LogP contribution in [-0.2, 0) is 6.54 Å². The summed E-state index contributed by atoms with van der Waals surface area (Å²) in [5, 5.41) is 6.22. The summed E-state index contributed by atoms with van der Waals surface area (Å²) < 4.78 is 8.02. The third-order valence-corrected chi connectivity index (χ3v) is 9.29. The second-order valence-electron chi connectivity index (χ2n) is 11.7. The quantitative estimate of drug-likeness (QED) is 0.189. The smallest absolute Gasteiger partial charge is 0.260 e. The van der Waals surface area contributed by atoms with Crippen LogP contribution in [0.4, 0.5) is 11.6 Å². The predicted octanol–water partition coefficient (Wildman–Crippen LogP) is 7.76. The van der Waals surface area contributed by atoms with E-state index in [2.05, 4.69) is 45.8 Å². The summed E-state index contributed by atoms with van der Waals surface area (Å²) in [5.41, 5.74) is 6.20. The van der Waals surface area contributed by atoms with Gasteiger partial charge in [-0.25, -0.2) is 4.98 Å². The summed E-state index contributed by atoms with van der Waals surface area (Å²) in [6, 6.07) is 30.2. The standard InChI is InChI=1S/C37H35N5O2S/c1-25-9-6-7-13-31(25)33-21-27-22-38-37(39-28-14-16-29(17-15-28)44-30-12-8-19-41(2)23-30)40-35(27)42(36(33)43)24-34-32(18-20-45-34)26-10-4-3-5-11-26/h3-7,9-11,13-18,20-22,30H,8,12,19,23-24H2,1-2H3,(H,38,39,40). The molecule has 1 atom stereocenters. The molecule has 8 heteroatoms. The summed E-state index contributed by atoms with van der Waals surface area (Å²) >= 11 is 1.65. The number of fused-ring (bicyclic) bond motifs is 1. The van der Waals surface area contributed by atoms with Gasteiger partial charge in [-0.3, -0.25) is 9.36 Å². The minimum Gasteiger partial charge on any atom is -0.489 e. The van der Waals surface area contributed by atoms with Crippen LogP contribution >= 0.6 is 11.3 Å². The van der Waals surface area contributed by atoms with E-state index in [9.17, 15) is 4.79 Å². The number of piperidine rings is 1. The number of hydrogen-bond acceptors (Lipinski definition) is 7. The van der Waals surface area contributed by atoms with Crippen molar-refractivity contribution in [2.75, 3.05) is 25.5 Å². The zero-order valence-electron chi connectivity index (χ0n) is 25.4. The molecule has 1 fully saturated rings. The highest BCUT2D eigenvalue weighted by Gasteiger charge is 2.19. The molecule has 226 valence electrons. The maximum Gasteiger partial charge on any atom is 0.260 e. The number of pyridine rings is 1. The molecule has 0 bridgehead atoms. The fourth-order valence-corrected chi connectivity index (χ4v) is 6.95. The average Bonchev–Trinajstić information content (AvgIpc) is 3.52. The van der Waals surface area contributed by atoms with Crippen molar-refractivity contribution < 1.29 is 4.74 Å². The minimum absolute atomic E-state index is 0.0799. The Morgan fingerprint density at radius 2 is 1.76 bits per heavy atom. The molecule has 7 nitrogen and oxygen atoms in total. The summed E-state index contributed by atoms with van der Waals surface area (Å²) in [5.74, 6) is 1.28. The number of nitrogens with one attached hydrogen (secondary N) is 1. The maximum atomic E-state index is 14.3. The van der Waals surface area contributed by atoms with Crippen molar-refractivity contribution in [1.82, 2.24) is 19.4 Å². The lowest BCUT2D eigenvalue weighted by molar-refractivity contribution is 0.104. The zero-order valence-corrected chi connectivity index (χ0v) is 26.3. The van der Waals surface area contributed by atoms with Crippen LogP contribution < -0.4 is 15.6 Å². The second-order valence-corrected chi connectivity index (χ2v) is 12.7. The molecule has 3 aromatic heterocycles. The first-order valence-corrected chi connectivity index (χ1v) is 16.2. The first kappa shape index (κ1) is 29.0. The monoisotopic (exact) mass is 613 g/mol. The fourth-order valence-electron chi connectivity index (χ4n) is 6.07. The average molecular weight is 614 g/mol. The molecule has 1 aliphatic rings. The van der Waals surface area contributed by atoms with Gasteiger partial charge in [-0.15, -0.1) is 11.3 Å². The number of nitrogens with zero attached hydrogens (tertiary/aromatic N) is 4. The lowest BCUT2D eigenvalue weighted by atomic mass is 10.0. The molecule has 0 radical (unpaired) electrons. The molecule has 0 amide bonds. The van der Waals surface area contributed by atoms with Crippen molar-refractivity contribution in [2.45, 2.75) is 32.4 Å². The van der Waals surface area contributed by atoms with Crippen molar-refractivity contribution >= 4 is 34.0 Å². The van der Waals surface area contributed by atoms with Crippen LogP contribution in [0.25, 0.3) is 33.3 Å². The topological polar surface area (TPSA) is 72.3 Å². The number of likely N-dealkylation sites (N-methyl/N-ethyl adjacent to an activating group) is 1. The summed E-state index contributed by atoms with van der Waals surface area (Å²) in [6.07, 6.45) is 4.23. The Morgan fingerprint density at radius 1 is 0.956 bits per heavy atom. The molecule has 6 aromatic rings. The van der Waals surface area contributed by atoms with E-state index in [1.54, 1.807) is 22.1 Å². The normalized spacial score (nSPS) is 15.3. The van der Waals surface area contributed by atoms with Gasteiger partial charge in [0.05, 0.1) is 6.54 Å². The lowest BCUT2D eigenvalue weighted by Gasteiger charge is -2.30. The number of likely N-dealkylation sites (tertiary alicyclic amines) is 1. The summed E-state index contributed by atoms with van der Waals surface area (Å²) in [6.45, 7) is 4.49.